The molecule has 2 aliphatic heterocycles. The normalized spacial score (nSPS) is 19.1. The van der Waals surface area contributed by atoms with E-state index in [1.54, 1.807) is 7.05 Å². The number of hydrogen-bond acceptors (Lipinski definition) is 4. The molecule has 1 saturated heterocycles. The topological polar surface area (TPSA) is 44.8 Å². The Balaban J connectivity index is 1.50. The SMILES string of the molecule is CNC(=O)CN1CCN(Cc2ccc3c(c2)CCO3)CC1. The van der Waals surface area contributed by atoms with E-state index in [1.165, 1.54) is 11.1 Å². The molecule has 1 aromatic rings. The Morgan fingerprint density at radius 3 is 2.76 bits per heavy atom. The van der Waals surface area contributed by atoms with E-state index in [-0.39, 0.29) is 5.91 Å². The molecule has 114 valence electrons. The van der Waals surface area contributed by atoms with Crippen LogP contribution >= 0.6 is 0 Å². The molecule has 0 aliphatic carbocycles. The average molecular weight is 289 g/mol. The first-order valence-corrected chi connectivity index (χ1v) is 7.64. The molecule has 21 heavy (non-hydrogen) atoms. The van der Waals surface area contributed by atoms with Crippen LogP contribution in [0.2, 0.25) is 0 Å². The van der Waals surface area contributed by atoms with Crippen molar-refractivity contribution in [2.75, 3.05) is 46.4 Å². The Kier molecular flexibility index (Phi) is 4.41. The number of nitrogens with zero attached hydrogens (tertiary/aromatic N) is 2. The molecule has 0 unspecified atom stereocenters. The predicted molar refractivity (Wildman–Crippen MR) is 81.4 cm³/mol. The molecule has 1 fully saturated rings. The molecule has 2 heterocycles. The van der Waals surface area contributed by atoms with Crippen molar-refractivity contribution in [3.8, 4) is 5.75 Å². The number of likely N-dealkylation sites (N-methyl/N-ethyl adjacent to an activating group) is 1. The quantitative estimate of drug-likeness (QED) is 0.876. The maximum absolute atomic E-state index is 11.4. The van der Waals surface area contributed by atoms with Gasteiger partial charge in [0.15, 0.2) is 0 Å². The van der Waals surface area contributed by atoms with Crippen LogP contribution in [0.1, 0.15) is 11.1 Å². The molecule has 3 rings (SSSR count). The van der Waals surface area contributed by atoms with Crippen molar-refractivity contribution in [2.45, 2.75) is 13.0 Å². The summed E-state index contributed by atoms with van der Waals surface area (Å²) in [6.45, 7) is 6.27. The molecular weight excluding hydrogens is 266 g/mol. The maximum atomic E-state index is 11.4. The van der Waals surface area contributed by atoms with Crippen molar-refractivity contribution < 1.29 is 9.53 Å². The molecule has 0 spiro atoms. The van der Waals surface area contributed by atoms with E-state index in [0.29, 0.717) is 6.54 Å². The Morgan fingerprint density at radius 2 is 2.00 bits per heavy atom. The molecule has 1 amide bonds. The third-order valence-corrected chi connectivity index (χ3v) is 4.27. The molecule has 0 bridgehead atoms. The molecule has 5 heteroatoms. The van der Waals surface area contributed by atoms with Crippen LogP contribution in [-0.4, -0.2) is 62.1 Å². The van der Waals surface area contributed by atoms with Crippen molar-refractivity contribution in [2.24, 2.45) is 0 Å². The van der Waals surface area contributed by atoms with Gasteiger partial charge in [0.2, 0.25) is 5.91 Å². The fourth-order valence-corrected chi connectivity index (χ4v) is 2.98. The third-order valence-electron chi connectivity index (χ3n) is 4.27. The van der Waals surface area contributed by atoms with Gasteiger partial charge in [-0.1, -0.05) is 12.1 Å². The van der Waals surface area contributed by atoms with Crippen LogP contribution in [0.25, 0.3) is 0 Å². The van der Waals surface area contributed by atoms with E-state index < -0.39 is 0 Å². The Hall–Kier alpha value is -1.59. The highest BCUT2D eigenvalue weighted by molar-refractivity contribution is 5.77. The number of nitrogens with one attached hydrogen (secondary N) is 1. The zero-order valence-corrected chi connectivity index (χ0v) is 12.6. The van der Waals surface area contributed by atoms with Gasteiger partial charge in [0.1, 0.15) is 5.75 Å². The lowest BCUT2D eigenvalue weighted by atomic mass is 10.1. The maximum Gasteiger partial charge on any atom is 0.233 e. The van der Waals surface area contributed by atoms with Crippen molar-refractivity contribution in [1.29, 1.82) is 0 Å². The third kappa shape index (κ3) is 3.54. The van der Waals surface area contributed by atoms with E-state index in [0.717, 1.165) is 51.5 Å². The van der Waals surface area contributed by atoms with Crippen LogP contribution in [0.5, 0.6) is 5.75 Å². The Bertz CT molecular complexity index is 510. The van der Waals surface area contributed by atoms with Crippen molar-refractivity contribution in [3.05, 3.63) is 29.3 Å². The van der Waals surface area contributed by atoms with E-state index >= 15 is 0 Å². The van der Waals surface area contributed by atoms with Gasteiger partial charge in [-0.25, -0.2) is 0 Å². The Morgan fingerprint density at radius 1 is 1.24 bits per heavy atom. The van der Waals surface area contributed by atoms with Gasteiger partial charge in [-0.15, -0.1) is 0 Å². The Labute approximate surface area is 125 Å². The van der Waals surface area contributed by atoms with Gasteiger partial charge in [0.05, 0.1) is 13.2 Å². The molecule has 0 saturated carbocycles. The minimum atomic E-state index is 0.0991. The highest BCUT2D eigenvalue weighted by Crippen LogP contribution is 2.26. The number of benzene rings is 1. The van der Waals surface area contributed by atoms with E-state index in [2.05, 4.69) is 33.3 Å². The van der Waals surface area contributed by atoms with Gasteiger partial charge in [0.25, 0.3) is 0 Å². The molecule has 1 N–H and O–H groups in total. The highest BCUT2D eigenvalue weighted by Gasteiger charge is 2.19. The average Bonchev–Trinajstić information content (AvgIpc) is 2.96. The summed E-state index contributed by atoms with van der Waals surface area (Å²) in [5.74, 6) is 1.15. The van der Waals surface area contributed by atoms with Crippen LogP contribution in [0.15, 0.2) is 18.2 Å². The summed E-state index contributed by atoms with van der Waals surface area (Å²) in [6.07, 6.45) is 1.03. The second kappa shape index (κ2) is 6.45. The summed E-state index contributed by atoms with van der Waals surface area (Å²) in [7, 11) is 1.69. The number of fused-ring (bicyclic) bond motifs is 1. The van der Waals surface area contributed by atoms with Gasteiger partial charge < -0.3 is 10.1 Å². The largest absolute Gasteiger partial charge is 0.493 e. The lowest BCUT2D eigenvalue weighted by molar-refractivity contribution is -0.122. The van der Waals surface area contributed by atoms with Crippen molar-refractivity contribution in [3.63, 3.8) is 0 Å². The summed E-state index contributed by atoms with van der Waals surface area (Å²) in [5.41, 5.74) is 2.70. The number of carbonyl (C=O) groups excluding carboxylic acids is 1. The molecule has 1 aromatic carbocycles. The number of hydrogen-bond donors (Lipinski definition) is 1. The molecule has 2 aliphatic rings. The first-order valence-electron chi connectivity index (χ1n) is 7.64. The van der Waals surface area contributed by atoms with Gasteiger partial charge in [0, 0.05) is 46.2 Å². The molecule has 0 aromatic heterocycles. The summed E-state index contributed by atoms with van der Waals surface area (Å²) >= 11 is 0. The molecular formula is C16H23N3O2. The standard InChI is InChI=1S/C16H23N3O2/c1-17-16(20)12-19-7-5-18(6-8-19)11-13-2-3-15-14(10-13)4-9-21-15/h2-3,10H,4-9,11-12H2,1H3,(H,17,20). The second-order valence-electron chi connectivity index (χ2n) is 5.77. The summed E-state index contributed by atoms with van der Waals surface area (Å²) in [4.78, 5) is 16.1. The first-order chi connectivity index (χ1) is 10.2. The van der Waals surface area contributed by atoms with Crippen LogP contribution in [0.4, 0.5) is 0 Å². The van der Waals surface area contributed by atoms with E-state index in [1.807, 2.05) is 0 Å². The fraction of sp³-hybridized carbons (Fsp3) is 0.562. The lowest BCUT2D eigenvalue weighted by Gasteiger charge is -2.34. The molecule has 0 radical (unpaired) electrons. The van der Waals surface area contributed by atoms with Crippen molar-refractivity contribution >= 4 is 5.91 Å². The molecule has 0 atom stereocenters. The van der Waals surface area contributed by atoms with Gasteiger partial charge in [-0.05, 0) is 17.2 Å². The molecule has 5 nitrogen and oxygen atoms in total. The van der Waals surface area contributed by atoms with Crippen LogP contribution < -0.4 is 10.1 Å². The van der Waals surface area contributed by atoms with E-state index in [9.17, 15) is 4.79 Å². The van der Waals surface area contributed by atoms with Crippen LogP contribution in [0, 0.1) is 0 Å². The number of carbonyl (C=O) groups is 1. The van der Waals surface area contributed by atoms with E-state index in [4.69, 9.17) is 4.74 Å². The number of ether oxygens (including phenoxy) is 1. The summed E-state index contributed by atoms with van der Waals surface area (Å²) < 4.78 is 5.55. The van der Waals surface area contributed by atoms with Gasteiger partial charge in [-0.2, -0.15) is 0 Å². The fourth-order valence-electron chi connectivity index (χ4n) is 2.98. The van der Waals surface area contributed by atoms with Crippen molar-refractivity contribution in [1.82, 2.24) is 15.1 Å². The zero-order valence-electron chi connectivity index (χ0n) is 12.6. The number of amides is 1. The minimum absolute atomic E-state index is 0.0991. The van der Waals surface area contributed by atoms with Crippen LogP contribution in [-0.2, 0) is 17.8 Å². The lowest BCUT2D eigenvalue weighted by Crippen LogP contribution is -2.48. The summed E-state index contributed by atoms with van der Waals surface area (Å²) in [5, 5.41) is 2.68. The number of rotatable bonds is 4. The first kappa shape index (κ1) is 14.4. The highest BCUT2D eigenvalue weighted by atomic mass is 16.5. The number of piperazine rings is 1. The van der Waals surface area contributed by atoms with Gasteiger partial charge in [-0.3, -0.25) is 14.6 Å². The minimum Gasteiger partial charge on any atom is -0.493 e. The smallest absolute Gasteiger partial charge is 0.233 e. The monoisotopic (exact) mass is 289 g/mol. The summed E-state index contributed by atoms with van der Waals surface area (Å²) in [6, 6.07) is 6.54. The van der Waals surface area contributed by atoms with Gasteiger partial charge >= 0.3 is 0 Å². The van der Waals surface area contributed by atoms with Crippen LogP contribution in [0.3, 0.4) is 0 Å². The zero-order chi connectivity index (χ0) is 14.7. The second-order valence-corrected chi connectivity index (χ2v) is 5.77. The predicted octanol–water partition coefficient (Wildman–Crippen LogP) is 0.485.